The molecule has 0 radical (unpaired) electrons. The zero-order chi connectivity index (χ0) is 15.6. The number of hydrogen-bond acceptors (Lipinski definition) is 4. The molecule has 0 amide bonds. The van der Waals surface area contributed by atoms with E-state index < -0.39 is 11.6 Å². The van der Waals surface area contributed by atoms with Gasteiger partial charge in [-0.25, -0.2) is 4.39 Å². The minimum atomic E-state index is -0.546. The number of aliphatic hydroxyl groups excluding tert-OH is 1. The van der Waals surface area contributed by atoms with Crippen molar-refractivity contribution in [3.63, 3.8) is 0 Å². The molecule has 2 rings (SSSR count). The molecule has 21 heavy (non-hydrogen) atoms. The summed E-state index contributed by atoms with van der Waals surface area (Å²) in [5.74, 6) is -1.28. The molecule has 1 aliphatic rings. The van der Waals surface area contributed by atoms with Crippen molar-refractivity contribution in [1.82, 2.24) is 5.06 Å². The Balaban J connectivity index is 2.44. The second kappa shape index (κ2) is 6.11. The van der Waals surface area contributed by atoms with Gasteiger partial charge in [0, 0.05) is 41.4 Å². The van der Waals surface area contributed by atoms with Gasteiger partial charge in [-0.05, 0) is 24.3 Å². The summed E-state index contributed by atoms with van der Waals surface area (Å²) >= 11 is 5.93. The van der Waals surface area contributed by atoms with Crippen molar-refractivity contribution in [2.75, 3.05) is 7.05 Å². The van der Waals surface area contributed by atoms with Gasteiger partial charge < -0.3 is 5.11 Å². The molecular formula is C15H13ClFNO3. The summed E-state index contributed by atoms with van der Waals surface area (Å²) < 4.78 is 13.8. The quantitative estimate of drug-likeness (QED) is 0.842. The Morgan fingerprint density at radius 1 is 1.38 bits per heavy atom. The maximum absolute atomic E-state index is 13.8. The van der Waals surface area contributed by atoms with E-state index >= 15 is 0 Å². The first-order valence-corrected chi connectivity index (χ1v) is 6.49. The Bertz CT molecular complexity index is 657. The number of hydrogen-bond donors (Lipinski definition) is 2. The molecule has 0 unspecified atom stereocenters. The zero-order valence-electron chi connectivity index (χ0n) is 11.2. The molecule has 0 aliphatic heterocycles. The molecule has 1 aromatic carbocycles. The summed E-state index contributed by atoms with van der Waals surface area (Å²) in [6.45, 7) is 0. The van der Waals surface area contributed by atoms with Crippen LogP contribution in [0.4, 0.5) is 4.39 Å². The van der Waals surface area contributed by atoms with E-state index in [1.54, 1.807) is 0 Å². The third-order valence-corrected chi connectivity index (χ3v) is 3.37. The lowest BCUT2D eigenvalue weighted by Gasteiger charge is -2.16. The molecule has 2 N–H and O–H groups in total. The van der Waals surface area contributed by atoms with Gasteiger partial charge in [-0.15, -0.1) is 0 Å². The maximum atomic E-state index is 13.8. The Morgan fingerprint density at radius 3 is 2.71 bits per heavy atom. The first-order valence-electron chi connectivity index (χ1n) is 6.11. The van der Waals surface area contributed by atoms with Gasteiger partial charge >= 0.3 is 0 Å². The maximum Gasteiger partial charge on any atom is 0.185 e. The standard InChI is InChI=1S/C15H13ClFNO3/c1-18(21)8-9-5-6-14(19)11(15(9)20)7-10-12(16)3-2-4-13(10)17/h2-6,8,20-21H,7H2,1H3. The number of allylic oxidation sites excluding steroid dienone is 3. The SMILES string of the molecule is CN(O)C=C1C=CC(=O)C(Cc2c(F)cccc2Cl)=C1O. The third-order valence-electron chi connectivity index (χ3n) is 3.01. The van der Waals surface area contributed by atoms with Gasteiger partial charge in [0.05, 0.1) is 0 Å². The highest BCUT2D eigenvalue weighted by molar-refractivity contribution is 6.31. The topological polar surface area (TPSA) is 60.8 Å². The lowest BCUT2D eigenvalue weighted by atomic mass is 9.93. The Hall–Kier alpha value is -2.11. The van der Waals surface area contributed by atoms with Crippen molar-refractivity contribution in [3.05, 3.63) is 69.9 Å². The molecule has 6 heteroatoms. The number of rotatable bonds is 3. The van der Waals surface area contributed by atoms with Gasteiger partial charge in [-0.3, -0.25) is 15.1 Å². The van der Waals surface area contributed by atoms with Crippen LogP contribution in [0.25, 0.3) is 0 Å². The normalized spacial score (nSPS) is 16.8. The molecule has 0 saturated heterocycles. The highest BCUT2D eigenvalue weighted by atomic mass is 35.5. The van der Waals surface area contributed by atoms with Crippen LogP contribution in [0.15, 0.2) is 53.5 Å². The number of nitrogens with zero attached hydrogens (tertiary/aromatic N) is 1. The predicted molar refractivity (Wildman–Crippen MR) is 76.5 cm³/mol. The van der Waals surface area contributed by atoms with Crippen molar-refractivity contribution in [2.24, 2.45) is 0 Å². The summed E-state index contributed by atoms with van der Waals surface area (Å²) in [6, 6.07) is 4.21. The van der Waals surface area contributed by atoms with Gasteiger partial charge in [0.15, 0.2) is 5.78 Å². The molecular weight excluding hydrogens is 297 g/mol. The van der Waals surface area contributed by atoms with Crippen LogP contribution in [0.3, 0.4) is 0 Å². The fourth-order valence-corrected chi connectivity index (χ4v) is 2.22. The van der Waals surface area contributed by atoms with Crippen LogP contribution in [-0.4, -0.2) is 28.2 Å². The first kappa shape index (κ1) is 15.3. The molecule has 0 heterocycles. The van der Waals surface area contributed by atoms with Crippen LogP contribution in [0, 0.1) is 5.82 Å². The summed E-state index contributed by atoms with van der Waals surface area (Å²) in [6.07, 6.45) is 3.73. The number of hydroxylamine groups is 2. The van der Waals surface area contributed by atoms with E-state index in [0.29, 0.717) is 0 Å². The molecule has 110 valence electrons. The van der Waals surface area contributed by atoms with Gasteiger partial charge in [0.2, 0.25) is 0 Å². The van der Waals surface area contributed by atoms with Gasteiger partial charge in [0.25, 0.3) is 0 Å². The molecule has 0 atom stereocenters. The van der Waals surface area contributed by atoms with E-state index in [-0.39, 0.29) is 33.9 Å². The van der Waals surface area contributed by atoms with Gasteiger partial charge in [-0.1, -0.05) is 17.7 Å². The second-order valence-corrected chi connectivity index (χ2v) is 4.97. The Kier molecular flexibility index (Phi) is 4.45. The van der Waals surface area contributed by atoms with Crippen LogP contribution in [-0.2, 0) is 11.2 Å². The number of carbonyl (C=O) groups is 1. The van der Waals surface area contributed by atoms with Crippen LogP contribution in [0.5, 0.6) is 0 Å². The van der Waals surface area contributed by atoms with Gasteiger partial charge in [0.1, 0.15) is 11.6 Å². The number of aliphatic hydroxyl groups is 1. The fourth-order valence-electron chi connectivity index (χ4n) is 1.99. The smallest absolute Gasteiger partial charge is 0.185 e. The van der Waals surface area contributed by atoms with Crippen molar-refractivity contribution >= 4 is 17.4 Å². The van der Waals surface area contributed by atoms with E-state index in [2.05, 4.69) is 0 Å². The van der Waals surface area contributed by atoms with Crippen LogP contribution in [0.1, 0.15) is 5.56 Å². The second-order valence-electron chi connectivity index (χ2n) is 4.56. The lowest BCUT2D eigenvalue weighted by molar-refractivity contribution is -0.111. The monoisotopic (exact) mass is 309 g/mol. The largest absolute Gasteiger partial charge is 0.507 e. The van der Waals surface area contributed by atoms with E-state index in [1.165, 1.54) is 43.6 Å². The Labute approximate surface area is 126 Å². The van der Waals surface area contributed by atoms with E-state index in [0.717, 1.165) is 5.06 Å². The number of benzene rings is 1. The summed E-state index contributed by atoms with van der Waals surface area (Å²) in [5, 5.41) is 20.2. The van der Waals surface area contributed by atoms with Crippen LogP contribution in [0.2, 0.25) is 5.02 Å². The number of carbonyl (C=O) groups excluding carboxylic acids is 1. The highest BCUT2D eigenvalue weighted by Crippen LogP contribution is 2.27. The molecule has 4 nitrogen and oxygen atoms in total. The number of halogens is 2. The van der Waals surface area contributed by atoms with Crippen molar-refractivity contribution in [2.45, 2.75) is 6.42 Å². The molecule has 0 aromatic heterocycles. The molecule has 1 aromatic rings. The van der Waals surface area contributed by atoms with Gasteiger partial charge in [-0.2, -0.15) is 0 Å². The Morgan fingerprint density at radius 2 is 2.10 bits per heavy atom. The highest BCUT2D eigenvalue weighted by Gasteiger charge is 2.22. The molecule has 0 bridgehead atoms. The number of ketones is 1. The van der Waals surface area contributed by atoms with Crippen molar-refractivity contribution < 1.29 is 19.5 Å². The summed E-state index contributed by atoms with van der Waals surface area (Å²) in [4.78, 5) is 11.9. The molecule has 0 saturated carbocycles. The van der Waals surface area contributed by atoms with E-state index in [1.807, 2.05) is 0 Å². The fraction of sp³-hybridized carbons (Fsp3) is 0.133. The average molecular weight is 310 g/mol. The van der Waals surface area contributed by atoms with Crippen LogP contribution >= 0.6 is 11.6 Å². The minimum Gasteiger partial charge on any atom is -0.507 e. The zero-order valence-corrected chi connectivity index (χ0v) is 11.9. The van der Waals surface area contributed by atoms with E-state index in [9.17, 15) is 19.5 Å². The predicted octanol–water partition coefficient (Wildman–Crippen LogP) is 3.18. The molecule has 0 fully saturated rings. The van der Waals surface area contributed by atoms with E-state index in [4.69, 9.17) is 11.6 Å². The first-order chi connectivity index (χ1) is 9.90. The third kappa shape index (κ3) is 3.32. The minimum absolute atomic E-state index is 0.0256. The van der Waals surface area contributed by atoms with Crippen molar-refractivity contribution in [1.29, 1.82) is 0 Å². The molecule has 1 aliphatic carbocycles. The van der Waals surface area contributed by atoms with Crippen LogP contribution < -0.4 is 0 Å². The summed E-state index contributed by atoms with van der Waals surface area (Å²) in [5.41, 5.74) is 0.417. The summed E-state index contributed by atoms with van der Waals surface area (Å²) in [7, 11) is 1.36. The van der Waals surface area contributed by atoms with Crippen molar-refractivity contribution in [3.8, 4) is 0 Å². The average Bonchev–Trinajstić information content (AvgIpc) is 2.40. The molecule has 0 spiro atoms. The lowest BCUT2D eigenvalue weighted by Crippen LogP contribution is -2.14.